The predicted molar refractivity (Wildman–Crippen MR) is 128 cm³/mol. The second-order valence-electron chi connectivity index (χ2n) is 9.39. The first-order valence-corrected chi connectivity index (χ1v) is 11.8. The number of thiophene rings is 1. The Morgan fingerprint density at radius 2 is 2.12 bits per heavy atom. The fourth-order valence-electron chi connectivity index (χ4n) is 4.05. The highest BCUT2D eigenvalue weighted by Crippen LogP contribution is 2.45. The van der Waals surface area contributed by atoms with Crippen LogP contribution in [0, 0.1) is 5.41 Å². The molecule has 0 saturated heterocycles. The molecular formula is C25H27N3O4S. The average molecular weight is 466 g/mol. The standard InChI is InChI=1S/C25H27N3O4S/c1-25(2,3)14-26-24(29)22-19-12-32-21-10-20(30-4)17(15-5-7-31-11-15)9-18(21)23(19)28(27-22)16-6-8-33-13-16/h5-6,8-10,13H,7,11-12,14H2,1-4H3,(H,26,29). The maximum atomic E-state index is 13.1. The van der Waals surface area contributed by atoms with E-state index in [1.165, 1.54) is 0 Å². The number of methoxy groups -OCH3 is 1. The molecule has 3 aromatic rings. The number of nitrogens with one attached hydrogen (secondary N) is 1. The second-order valence-corrected chi connectivity index (χ2v) is 10.2. The fraction of sp³-hybridized carbons (Fsp3) is 0.360. The summed E-state index contributed by atoms with van der Waals surface area (Å²) in [6.07, 6.45) is 2.07. The van der Waals surface area contributed by atoms with Gasteiger partial charge in [-0.25, -0.2) is 4.68 Å². The zero-order valence-corrected chi connectivity index (χ0v) is 20.0. The fourth-order valence-corrected chi connectivity index (χ4v) is 4.66. The van der Waals surface area contributed by atoms with Crippen LogP contribution in [0.25, 0.3) is 22.5 Å². The first-order valence-electron chi connectivity index (χ1n) is 10.9. The number of hydrogen-bond donors (Lipinski definition) is 1. The van der Waals surface area contributed by atoms with E-state index in [0.717, 1.165) is 39.4 Å². The number of nitrogens with zero attached hydrogens (tertiary/aromatic N) is 2. The summed E-state index contributed by atoms with van der Waals surface area (Å²) in [4.78, 5) is 13.1. The van der Waals surface area contributed by atoms with Crippen LogP contribution in [0.5, 0.6) is 11.5 Å². The highest BCUT2D eigenvalue weighted by Gasteiger charge is 2.32. The first kappa shape index (κ1) is 21.7. The molecule has 0 radical (unpaired) electrons. The lowest BCUT2D eigenvalue weighted by atomic mass is 9.95. The largest absolute Gasteiger partial charge is 0.496 e. The van der Waals surface area contributed by atoms with Gasteiger partial charge < -0.3 is 19.5 Å². The Kier molecular flexibility index (Phi) is 5.50. The first-order chi connectivity index (χ1) is 15.9. The summed E-state index contributed by atoms with van der Waals surface area (Å²) in [7, 11) is 1.66. The zero-order chi connectivity index (χ0) is 23.2. The van der Waals surface area contributed by atoms with Gasteiger partial charge in [-0.15, -0.1) is 0 Å². The van der Waals surface area contributed by atoms with Crippen LogP contribution >= 0.6 is 11.3 Å². The molecule has 1 aromatic carbocycles. The van der Waals surface area contributed by atoms with Gasteiger partial charge in [-0.05, 0) is 28.5 Å². The SMILES string of the molecule is COc1cc2c(cc1C1=CCOC1)-c1c(c(C(=O)NCC(C)(C)C)nn1-c1ccsc1)CO2. The van der Waals surface area contributed by atoms with Gasteiger partial charge in [0.15, 0.2) is 5.69 Å². The molecule has 1 amide bonds. The van der Waals surface area contributed by atoms with Crippen LogP contribution in [-0.2, 0) is 11.3 Å². The molecule has 2 aliphatic rings. The van der Waals surface area contributed by atoms with Gasteiger partial charge in [0.05, 0.1) is 31.7 Å². The molecule has 0 aliphatic carbocycles. The number of hydrogen-bond acceptors (Lipinski definition) is 6. The van der Waals surface area contributed by atoms with Gasteiger partial charge in [0.25, 0.3) is 5.91 Å². The second kappa shape index (κ2) is 8.35. The number of aromatic nitrogens is 2. The van der Waals surface area contributed by atoms with Gasteiger partial charge in [0.2, 0.25) is 0 Å². The quantitative estimate of drug-likeness (QED) is 0.592. The van der Waals surface area contributed by atoms with Crippen LogP contribution in [-0.4, -0.2) is 42.6 Å². The molecule has 33 heavy (non-hydrogen) atoms. The molecule has 2 aromatic heterocycles. The van der Waals surface area contributed by atoms with Crippen LogP contribution in [0.4, 0.5) is 0 Å². The lowest BCUT2D eigenvalue weighted by Gasteiger charge is -2.22. The number of carbonyl (C=O) groups is 1. The number of fused-ring (bicyclic) bond motifs is 3. The zero-order valence-electron chi connectivity index (χ0n) is 19.2. The summed E-state index contributed by atoms with van der Waals surface area (Å²) in [6.45, 7) is 8.19. The van der Waals surface area contributed by atoms with Gasteiger partial charge in [-0.2, -0.15) is 16.4 Å². The van der Waals surface area contributed by atoms with Crippen molar-refractivity contribution in [2.45, 2.75) is 27.4 Å². The summed E-state index contributed by atoms with van der Waals surface area (Å²) in [5.41, 5.74) is 5.86. The van der Waals surface area contributed by atoms with Crippen molar-refractivity contribution >= 4 is 22.8 Å². The molecule has 7 nitrogen and oxygen atoms in total. The van der Waals surface area contributed by atoms with E-state index in [9.17, 15) is 4.79 Å². The lowest BCUT2D eigenvalue weighted by molar-refractivity contribution is 0.0931. The van der Waals surface area contributed by atoms with Crippen molar-refractivity contribution in [3.8, 4) is 28.4 Å². The molecule has 8 heteroatoms. The maximum Gasteiger partial charge on any atom is 0.272 e. The van der Waals surface area contributed by atoms with Crippen LogP contribution in [0.1, 0.15) is 42.4 Å². The van der Waals surface area contributed by atoms with E-state index in [-0.39, 0.29) is 17.9 Å². The monoisotopic (exact) mass is 465 g/mol. The minimum Gasteiger partial charge on any atom is -0.496 e. The minimum absolute atomic E-state index is 0.0305. The third-order valence-corrected chi connectivity index (χ3v) is 6.38. The summed E-state index contributed by atoms with van der Waals surface area (Å²) < 4.78 is 19.2. The number of carbonyl (C=O) groups excluding carboxylic acids is 1. The smallest absolute Gasteiger partial charge is 0.272 e. The predicted octanol–water partition coefficient (Wildman–Crippen LogP) is 4.69. The molecule has 0 spiro atoms. The molecule has 0 atom stereocenters. The highest BCUT2D eigenvalue weighted by atomic mass is 32.1. The molecule has 0 unspecified atom stereocenters. The van der Waals surface area contributed by atoms with E-state index in [0.29, 0.717) is 31.2 Å². The van der Waals surface area contributed by atoms with Crippen molar-refractivity contribution in [1.82, 2.24) is 15.1 Å². The molecule has 1 N–H and O–H groups in total. The summed E-state index contributed by atoms with van der Waals surface area (Å²) in [5, 5.41) is 11.8. The Labute approximate surface area is 197 Å². The van der Waals surface area contributed by atoms with E-state index in [1.54, 1.807) is 18.4 Å². The molecule has 5 rings (SSSR count). The number of benzene rings is 1. The number of amides is 1. The van der Waals surface area contributed by atoms with Gasteiger partial charge in [0, 0.05) is 34.7 Å². The lowest BCUT2D eigenvalue weighted by Crippen LogP contribution is -2.33. The van der Waals surface area contributed by atoms with Crippen LogP contribution < -0.4 is 14.8 Å². The third-order valence-electron chi connectivity index (χ3n) is 5.71. The van der Waals surface area contributed by atoms with Crippen LogP contribution in [0.2, 0.25) is 0 Å². The Balaban J connectivity index is 1.66. The van der Waals surface area contributed by atoms with Gasteiger partial charge in [-0.1, -0.05) is 26.8 Å². The van der Waals surface area contributed by atoms with Gasteiger partial charge in [0.1, 0.15) is 18.1 Å². The van der Waals surface area contributed by atoms with Crippen LogP contribution in [0.3, 0.4) is 0 Å². The van der Waals surface area contributed by atoms with Gasteiger partial charge >= 0.3 is 0 Å². The summed E-state index contributed by atoms with van der Waals surface area (Å²) in [5.74, 6) is 1.25. The summed E-state index contributed by atoms with van der Waals surface area (Å²) >= 11 is 1.59. The van der Waals surface area contributed by atoms with Crippen molar-refractivity contribution in [3.05, 3.63) is 51.9 Å². The average Bonchev–Trinajstić information content (AvgIpc) is 3.56. The normalized spacial score (nSPS) is 14.8. The Bertz CT molecular complexity index is 1240. The molecule has 0 fully saturated rings. The van der Waals surface area contributed by atoms with Crippen LogP contribution in [0.15, 0.2) is 35.0 Å². The van der Waals surface area contributed by atoms with Crippen molar-refractivity contribution in [2.24, 2.45) is 5.41 Å². The Morgan fingerprint density at radius 1 is 1.27 bits per heavy atom. The molecule has 2 aliphatic heterocycles. The summed E-state index contributed by atoms with van der Waals surface area (Å²) in [6, 6.07) is 5.98. The van der Waals surface area contributed by atoms with E-state index < -0.39 is 0 Å². The highest BCUT2D eigenvalue weighted by molar-refractivity contribution is 7.08. The van der Waals surface area contributed by atoms with E-state index in [4.69, 9.17) is 19.3 Å². The van der Waals surface area contributed by atoms with Crippen molar-refractivity contribution in [2.75, 3.05) is 26.9 Å². The molecule has 172 valence electrons. The Morgan fingerprint density at radius 3 is 2.79 bits per heavy atom. The van der Waals surface area contributed by atoms with Crippen molar-refractivity contribution in [1.29, 1.82) is 0 Å². The minimum atomic E-state index is -0.192. The topological polar surface area (TPSA) is 74.6 Å². The number of ether oxygens (including phenoxy) is 3. The van der Waals surface area contributed by atoms with Gasteiger partial charge in [-0.3, -0.25) is 4.79 Å². The Hall–Kier alpha value is -3.10. The van der Waals surface area contributed by atoms with E-state index in [1.807, 2.05) is 27.6 Å². The van der Waals surface area contributed by atoms with Crippen molar-refractivity contribution in [3.63, 3.8) is 0 Å². The molecule has 0 bridgehead atoms. The third kappa shape index (κ3) is 4.05. The molecule has 4 heterocycles. The molecular weight excluding hydrogens is 438 g/mol. The van der Waals surface area contributed by atoms with E-state index >= 15 is 0 Å². The molecule has 0 saturated carbocycles. The van der Waals surface area contributed by atoms with E-state index in [2.05, 4.69) is 38.2 Å². The maximum absolute atomic E-state index is 13.1. The van der Waals surface area contributed by atoms with Crippen molar-refractivity contribution < 1.29 is 19.0 Å². The number of rotatable bonds is 5.